The van der Waals surface area contributed by atoms with Crippen molar-refractivity contribution in [1.29, 1.82) is 0 Å². The lowest BCUT2D eigenvalue weighted by molar-refractivity contribution is -0.255. The molecule has 2 aromatic rings. The third kappa shape index (κ3) is 4.94. The molecule has 0 aliphatic rings. The normalized spacial score (nSPS) is 11.5. The van der Waals surface area contributed by atoms with Crippen LogP contribution in [0.4, 0.5) is 13.2 Å². The summed E-state index contributed by atoms with van der Waals surface area (Å²) in [6.07, 6.45) is -3.04. The predicted molar refractivity (Wildman–Crippen MR) is 81.0 cm³/mol. The first kappa shape index (κ1) is 18.3. The number of halogens is 3. The Bertz CT molecular complexity index is 796. The maximum absolute atomic E-state index is 12.9. The van der Waals surface area contributed by atoms with Crippen molar-refractivity contribution in [1.82, 2.24) is 0 Å². The molecule has 2 aromatic carbocycles. The van der Waals surface area contributed by atoms with Crippen LogP contribution >= 0.6 is 0 Å². The smallest absolute Gasteiger partial charge is 0.417 e. The number of aromatic carboxylic acids is 1. The number of alkyl halides is 3. The van der Waals surface area contributed by atoms with E-state index in [4.69, 9.17) is 4.74 Å². The summed E-state index contributed by atoms with van der Waals surface area (Å²) in [6.45, 7) is -0.0139. The van der Waals surface area contributed by atoms with Gasteiger partial charge in [-0.25, -0.2) is 4.79 Å². The first-order valence-corrected chi connectivity index (χ1v) is 7.09. The van der Waals surface area contributed by atoms with Gasteiger partial charge >= 0.3 is 12.1 Å². The lowest BCUT2D eigenvalue weighted by Crippen LogP contribution is -2.27. The van der Waals surface area contributed by atoms with Crippen molar-refractivity contribution in [2.75, 3.05) is 0 Å². The van der Waals surface area contributed by atoms with Crippen LogP contribution in [0.5, 0.6) is 0 Å². The molecule has 4 nitrogen and oxygen atoms in total. The molecular weight excluding hydrogens is 337 g/mol. The fraction of sp³-hybridized carbons (Fsp3) is 0.111. The van der Waals surface area contributed by atoms with Gasteiger partial charge in [-0.05, 0) is 23.3 Å². The number of carboxylic acids is 1. The Labute approximate surface area is 141 Å². The van der Waals surface area contributed by atoms with Gasteiger partial charge in [-0.3, -0.25) is 0 Å². The molecule has 0 aromatic heterocycles. The number of esters is 1. The molecule has 0 saturated carbocycles. The summed E-state index contributed by atoms with van der Waals surface area (Å²) in [7, 11) is 0. The van der Waals surface area contributed by atoms with Crippen molar-refractivity contribution in [3.8, 4) is 0 Å². The van der Waals surface area contributed by atoms with E-state index in [-0.39, 0.29) is 12.2 Å². The number of hydrogen-bond acceptors (Lipinski definition) is 4. The Kier molecular flexibility index (Phi) is 5.59. The number of benzene rings is 2. The Morgan fingerprint density at radius 1 is 1.04 bits per heavy atom. The monoisotopic (exact) mass is 349 g/mol. The molecule has 2 rings (SSSR count). The van der Waals surface area contributed by atoms with Crippen molar-refractivity contribution < 1.29 is 32.6 Å². The van der Waals surface area contributed by atoms with Crippen LogP contribution < -0.4 is 5.11 Å². The number of hydrogen-bond donors (Lipinski definition) is 0. The van der Waals surface area contributed by atoms with Crippen LogP contribution in [0, 0.1) is 0 Å². The Morgan fingerprint density at radius 3 is 2.32 bits per heavy atom. The van der Waals surface area contributed by atoms with Crippen LogP contribution in [0.15, 0.2) is 54.6 Å². The van der Waals surface area contributed by atoms with Gasteiger partial charge in [-0.15, -0.1) is 0 Å². The minimum atomic E-state index is -4.85. The molecule has 0 spiro atoms. The topological polar surface area (TPSA) is 66.4 Å². The summed E-state index contributed by atoms with van der Waals surface area (Å²) in [5.41, 5.74) is -1.93. The van der Waals surface area contributed by atoms with Gasteiger partial charge in [0.2, 0.25) is 0 Å². The zero-order valence-electron chi connectivity index (χ0n) is 12.7. The average molecular weight is 349 g/mol. The second kappa shape index (κ2) is 7.65. The molecule has 7 heteroatoms. The second-order valence-electron chi connectivity index (χ2n) is 4.98. The molecule has 0 fully saturated rings. The highest BCUT2D eigenvalue weighted by molar-refractivity contribution is 5.95. The Morgan fingerprint density at radius 2 is 1.72 bits per heavy atom. The minimum absolute atomic E-state index is 0.0139. The highest BCUT2D eigenvalue weighted by atomic mass is 19.4. The van der Waals surface area contributed by atoms with E-state index in [1.165, 1.54) is 0 Å². The summed E-state index contributed by atoms with van der Waals surface area (Å²) < 4.78 is 43.6. The molecule has 0 atom stereocenters. The first-order valence-electron chi connectivity index (χ1n) is 7.09. The number of carbonyl (C=O) groups is 2. The van der Waals surface area contributed by atoms with Gasteiger partial charge in [-0.1, -0.05) is 42.5 Å². The van der Waals surface area contributed by atoms with E-state index in [0.29, 0.717) is 6.07 Å². The molecule has 0 aliphatic carbocycles. The Hall–Kier alpha value is -3.09. The molecule has 130 valence electrons. The SMILES string of the molecule is O=C(C=Cc1cccc(C(F)(F)F)c1C(=O)[O-])OCc1ccccc1. The van der Waals surface area contributed by atoms with Gasteiger partial charge in [0.1, 0.15) is 6.61 Å². The van der Waals surface area contributed by atoms with Crippen LogP contribution in [0.3, 0.4) is 0 Å². The third-order valence-corrected chi connectivity index (χ3v) is 3.23. The number of carboxylic acid groups (broad SMARTS) is 1. The maximum Gasteiger partial charge on any atom is 0.417 e. The number of ether oxygens (including phenoxy) is 1. The lowest BCUT2D eigenvalue weighted by Gasteiger charge is -2.15. The van der Waals surface area contributed by atoms with Crippen LogP contribution in [0.1, 0.15) is 27.0 Å². The van der Waals surface area contributed by atoms with Crippen molar-refractivity contribution in [2.45, 2.75) is 12.8 Å². The average Bonchev–Trinajstić information content (AvgIpc) is 2.57. The van der Waals surface area contributed by atoms with Crippen molar-refractivity contribution in [3.05, 3.63) is 76.9 Å². The van der Waals surface area contributed by atoms with E-state index in [0.717, 1.165) is 29.8 Å². The molecule has 0 saturated heterocycles. The Balaban J connectivity index is 2.17. The van der Waals surface area contributed by atoms with E-state index in [1.54, 1.807) is 30.3 Å². The van der Waals surface area contributed by atoms with Crippen LogP contribution in [-0.2, 0) is 22.3 Å². The van der Waals surface area contributed by atoms with Gasteiger partial charge in [0.25, 0.3) is 0 Å². The van der Waals surface area contributed by atoms with Crippen LogP contribution in [-0.4, -0.2) is 11.9 Å². The van der Waals surface area contributed by atoms with Crippen molar-refractivity contribution >= 4 is 18.0 Å². The van der Waals surface area contributed by atoms with Gasteiger partial charge in [-0.2, -0.15) is 13.2 Å². The molecule has 0 amide bonds. The zero-order chi connectivity index (χ0) is 18.4. The predicted octanol–water partition coefficient (Wildman–Crippen LogP) is 2.83. The molecule has 0 aliphatic heterocycles. The first-order chi connectivity index (χ1) is 11.8. The van der Waals surface area contributed by atoms with E-state index < -0.39 is 29.2 Å². The van der Waals surface area contributed by atoms with Gasteiger partial charge in [0.05, 0.1) is 11.5 Å². The van der Waals surface area contributed by atoms with E-state index in [9.17, 15) is 27.9 Å². The fourth-order valence-corrected chi connectivity index (χ4v) is 2.11. The van der Waals surface area contributed by atoms with Crippen molar-refractivity contribution in [3.63, 3.8) is 0 Å². The molecule has 0 unspecified atom stereocenters. The summed E-state index contributed by atoms with van der Waals surface area (Å²) >= 11 is 0. The molecular formula is C18H12F3O4-. The largest absolute Gasteiger partial charge is 0.545 e. The summed E-state index contributed by atoms with van der Waals surface area (Å²) in [5, 5.41) is 11.1. The standard InChI is InChI=1S/C18H13F3O4/c19-18(20,21)14-8-4-7-13(16(14)17(23)24)9-10-15(22)25-11-12-5-2-1-3-6-12/h1-10H,11H2,(H,23,24)/p-1. The molecule has 0 radical (unpaired) electrons. The lowest BCUT2D eigenvalue weighted by atomic mass is 10.00. The van der Waals surface area contributed by atoms with Gasteiger partial charge in [0.15, 0.2) is 0 Å². The summed E-state index contributed by atoms with van der Waals surface area (Å²) in [5.74, 6) is -2.80. The fourth-order valence-electron chi connectivity index (χ4n) is 2.11. The molecule has 0 bridgehead atoms. The second-order valence-corrected chi connectivity index (χ2v) is 4.98. The van der Waals surface area contributed by atoms with Crippen LogP contribution in [0.25, 0.3) is 6.08 Å². The number of rotatable bonds is 5. The molecule has 25 heavy (non-hydrogen) atoms. The van der Waals surface area contributed by atoms with E-state index in [1.807, 2.05) is 0 Å². The third-order valence-electron chi connectivity index (χ3n) is 3.23. The quantitative estimate of drug-likeness (QED) is 0.615. The summed E-state index contributed by atoms with van der Waals surface area (Å²) in [6, 6.07) is 11.6. The highest BCUT2D eigenvalue weighted by Crippen LogP contribution is 2.33. The minimum Gasteiger partial charge on any atom is -0.545 e. The van der Waals surface area contributed by atoms with Gasteiger partial charge in [0, 0.05) is 11.6 Å². The molecule has 0 heterocycles. The van der Waals surface area contributed by atoms with Gasteiger partial charge < -0.3 is 14.6 Å². The number of carbonyl (C=O) groups excluding carboxylic acids is 2. The molecule has 0 N–H and O–H groups in total. The van der Waals surface area contributed by atoms with Crippen molar-refractivity contribution in [2.24, 2.45) is 0 Å². The zero-order valence-corrected chi connectivity index (χ0v) is 12.7. The van der Waals surface area contributed by atoms with Crippen LogP contribution in [0.2, 0.25) is 0 Å². The highest BCUT2D eigenvalue weighted by Gasteiger charge is 2.34. The van der Waals surface area contributed by atoms with E-state index in [2.05, 4.69) is 0 Å². The maximum atomic E-state index is 12.9. The summed E-state index contributed by atoms with van der Waals surface area (Å²) in [4.78, 5) is 22.7. The van der Waals surface area contributed by atoms with E-state index >= 15 is 0 Å².